The number of aliphatic hydroxyl groups is 1. The van der Waals surface area contributed by atoms with Crippen LogP contribution in [-0.2, 0) is 4.79 Å². The van der Waals surface area contributed by atoms with Crippen LogP contribution in [0.3, 0.4) is 0 Å². The fourth-order valence-electron chi connectivity index (χ4n) is 2.07. The summed E-state index contributed by atoms with van der Waals surface area (Å²) < 4.78 is 5.91. The fraction of sp³-hybridized carbons (Fsp3) is 0.462. The highest BCUT2D eigenvalue weighted by atomic mass is 79.9. The summed E-state index contributed by atoms with van der Waals surface area (Å²) in [4.78, 5) is 12.1. The van der Waals surface area contributed by atoms with Crippen LogP contribution in [0.4, 0.5) is 5.69 Å². The second-order valence-electron chi connectivity index (χ2n) is 4.60. The van der Waals surface area contributed by atoms with Crippen molar-refractivity contribution in [1.29, 1.82) is 0 Å². The molecule has 1 fully saturated rings. The lowest BCUT2D eigenvalue weighted by molar-refractivity contribution is -0.133. The van der Waals surface area contributed by atoms with Gasteiger partial charge in [-0.25, -0.2) is 0 Å². The topological polar surface area (TPSA) is 58.6 Å². The molecule has 1 amide bonds. The van der Waals surface area contributed by atoms with Crippen LogP contribution in [0.2, 0.25) is 0 Å². The molecule has 5 heteroatoms. The minimum Gasteiger partial charge on any atom is -0.496 e. The maximum absolute atomic E-state index is 12.1. The third-order valence-corrected chi connectivity index (χ3v) is 4.12. The Kier molecular flexibility index (Phi) is 3.92. The monoisotopic (exact) mass is 313 g/mol. The van der Waals surface area contributed by atoms with Gasteiger partial charge < -0.3 is 15.2 Å². The van der Waals surface area contributed by atoms with Gasteiger partial charge in [0.05, 0.1) is 23.6 Å². The maximum Gasteiger partial charge on any atom is 0.232 e. The molecule has 1 aliphatic carbocycles. The van der Waals surface area contributed by atoms with Crippen LogP contribution in [0, 0.1) is 5.41 Å². The van der Waals surface area contributed by atoms with Crippen molar-refractivity contribution >= 4 is 27.5 Å². The first-order chi connectivity index (χ1) is 8.61. The van der Waals surface area contributed by atoms with Gasteiger partial charge >= 0.3 is 0 Å². The highest BCUT2D eigenvalue weighted by Gasteiger charge is 2.43. The van der Waals surface area contributed by atoms with Gasteiger partial charge in [0.25, 0.3) is 0 Å². The molecule has 0 unspecified atom stereocenters. The van der Waals surface area contributed by atoms with E-state index >= 15 is 0 Å². The van der Waals surface area contributed by atoms with E-state index in [0.29, 0.717) is 11.4 Å². The zero-order valence-corrected chi connectivity index (χ0v) is 11.8. The molecule has 0 aliphatic heterocycles. The van der Waals surface area contributed by atoms with E-state index in [9.17, 15) is 9.90 Å². The molecule has 1 aromatic carbocycles. The Labute approximate surface area is 114 Å². The molecule has 1 saturated carbocycles. The largest absolute Gasteiger partial charge is 0.496 e. The van der Waals surface area contributed by atoms with E-state index in [4.69, 9.17) is 4.74 Å². The predicted molar refractivity (Wildman–Crippen MR) is 72.7 cm³/mol. The van der Waals surface area contributed by atoms with Crippen LogP contribution in [0.25, 0.3) is 0 Å². The van der Waals surface area contributed by atoms with Gasteiger partial charge in [-0.15, -0.1) is 0 Å². The average Bonchev–Trinajstić information content (AvgIpc) is 2.28. The molecule has 18 heavy (non-hydrogen) atoms. The molecule has 0 bridgehead atoms. The Morgan fingerprint density at radius 2 is 2.28 bits per heavy atom. The normalized spacial score (nSPS) is 16.8. The first-order valence-corrected chi connectivity index (χ1v) is 6.66. The van der Waals surface area contributed by atoms with Crippen LogP contribution in [0.1, 0.15) is 19.3 Å². The molecule has 0 spiro atoms. The van der Waals surface area contributed by atoms with Gasteiger partial charge in [0.15, 0.2) is 0 Å². The van der Waals surface area contributed by atoms with Crippen LogP contribution >= 0.6 is 15.9 Å². The molecular formula is C13H16BrNO3. The van der Waals surface area contributed by atoms with E-state index in [1.165, 1.54) is 0 Å². The number of carbonyl (C=O) groups excluding carboxylic acids is 1. The van der Waals surface area contributed by atoms with Crippen molar-refractivity contribution in [2.45, 2.75) is 19.3 Å². The molecule has 0 heterocycles. The first-order valence-electron chi connectivity index (χ1n) is 5.87. The van der Waals surface area contributed by atoms with Gasteiger partial charge in [-0.05, 0) is 47.0 Å². The number of anilines is 1. The molecule has 1 aromatic rings. The summed E-state index contributed by atoms with van der Waals surface area (Å²) in [6.45, 7) is -0.0871. The molecule has 1 aliphatic rings. The van der Waals surface area contributed by atoms with E-state index in [1.807, 2.05) is 0 Å². The van der Waals surface area contributed by atoms with Crippen LogP contribution < -0.4 is 10.1 Å². The summed E-state index contributed by atoms with van der Waals surface area (Å²) in [5.41, 5.74) is 0.124. The summed E-state index contributed by atoms with van der Waals surface area (Å²) in [5.74, 6) is 0.613. The SMILES string of the molecule is COc1ccc(NC(=O)C2(CO)CCC2)cc1Br. The smallest absolute Gasteiger partial charge is 0.232 e. The average molecular weight is 314 g/mol. The van der Waals surface area contributed by atoms with Crippen molar-refractivity contribution < 1.29 is 14.6 Å². The van der Waals surface area contributed by atoms with Crippen LogP contribution in [-0.4, -0.2) is 24.7 Å². The lowest BCUT2D eigenvalue weighted by atomic mass is 9.68. The van der Waals surface area contributed by atoms with E-state index < -0.39 is 5.41 Å². The minimum atomic E-state index is -0.577. The third kappa shape index (κ3) is 2.37. The molecule has 0 atom stereocenters. The molecule has 2 rings (SSSR count). The number of halogens is 1. The number of ether oxygens (including phenoxy) is 1. The van der Waals surface area contributed by atoms with Gasteiger partial charge in [0.1, 0.15) is 5.75 Å². The summed E-state index contributed by atoms with van der Waals surface area (Å²) in [6, 6.07) is 5.36. The van der Waals surface area contributed by atoms with Gasteiger partial charge in [0.2, 0.25) is 5.91 Å². The summed E-state index contributed by atoms with van der Waals surface area (Å²) in [5, 5.41) is 12.2. The number of methoxy groups -OCH3 is 1. The van der Waals surface area contributed by atoms with Crippen molar-refractivity contribution in [2.24, 2.45) is 5.41 Å². The summed E-state index contributed by atoms with van der Waals surface area (Å²) in [6.07, 6.45) is 2.51. The molecule has 0 aromatic heterocycles. The van der Waals surface area contributed by atoms with Crippen molar-refractivity contribution in [3.63, 3.8) is 0 Å². The summed E-state index contributed by atoms with van der Waals surface area (Å²) in [7, 11) is 1.59. The Balaban J connectivity index is 2.10. The second-order valence-corrected chi connectivity index (χ2v) is 5.45. The van der Waals surface area contributed by atoms with Crippen LogP contribution in [0.15, 0.2) is 22.7 Å². The maximum atomic E-state index is 12.1. The summed E-state index contributed by atoms with van der Waals surface area (Å²) >= 11 is 3.37. The van der Waals surface area contributed by atoms with E-state index in [1.54, 1.807) is 25.3 Å². The molecule has 0 radical (unpaired) electrons. The van der Waals surface area contributed by atoms with Crippen molar-refractivity contribution in [1.82, 2.24) is 0 Å². The van der Waals surface area contributed by atoms with Crippen molar-refractivity contribution in [2.75, 3.05) is 19.0 Å². The standard InChI is InChI=1S/C13H16BrNO3/c1-18-11-4-3-9(7-10(11)14)15-12(17)13(8-16)5-2-6-13/h3-4,7,16H,2,5-6,8H2,1H3,(H,15,17). The Bertz CT molecular complexity index is 452. The molecule has 0 saturated heterocycles. The Morgan fingerprint density at radius 1 is 1.56 bits per heavy atom. The van der Waals surface area contributed by atoms with Gasteiger partial charge in [-0.3, -0.25) is 4.79 Å². The molecular weight excluding hydrogens is 298 g/mol. The van der Waals surface area contributed by atoms with E-state index in [2.05, 4.69) is 21.2 Å². The number of amides is 1. The van der Waals surface area contributed by atoms with Gasteiger partial charge in [0, 0.05) is 5.69 Å². The Hall–Kier alpha value is -1.07. The number of rotatable bonds is 4. The quantitative estimate of drug-likeness (QED) is 0.898. The van der Waals surface area contributed by atoms with Gasteiger partial charge in [-0.2, -0.15) is 0 Å². The van der Waals surface area contributed by atoms with Crippen LogP contribution in [0.5, 0.6) is 5.75 Å². The number of hydrogen-bond donors (Lipinski definition) is 2. The zero-order chi connectivity index (χ0) is 13.2. The lowest BCUT2D eigenvalue weighted by Gasteiger charge is -2.38. The minimum absolute atomic E-state index is 0.0871. The number of aliphatic hydroxyl groups excluding tert-OH is 1. The number of benzene rings is 1. The second kappa shape index (κ2) is 5.28. The van der Waals surface area contributed by atoms with Crippen molar-refractivity contribution in [3.8, 4) is 5.75 Å². The lowest BCUT2D eigenvalue weighted by Crippen LogP contribution is -2.44. The highest BCUT2D eigenvalue weighted by Crippen LogP contribution is 2.41. The molecule has 98 valence electrons. The number of hydrogen-bond acceptors (Lipinski definition) is 3. The highest BCUT2D eigenvalue weighted by molar-refractivity contribution is 9.10. The predicted octanol–water partition coefficient (Wildman–Crippen LogP) is 2.56. The molecule has 4 nitrogen and oxygen atoms in total. The van der Waals surface area contributed by atoms with Crippen molar-refractivity contribution in [3.05, 3.63) is 22.7 Å². The Morgan fingerprint density at radius 3 is 2.72 bits per heavy atom. The first kappa shape index (κ1) is 13.4. The number of carbonyl (C=O) groups is 1. The van der Waals surface area contributed by atoms with Gasteiger partial charge in [-0.1, -0.05) is 6.42 Å². The zero-order valence-electron chi connectivity index (χ0n) is 10.2. The fourth-order valence-corrected chi connectivity index (χ4v) is 2.61. The van der Waals surface area contributed by atoms with E-state index in [0.717, 1.165) is 23.7 Å². The number of nitrogens with one attached hydrogen (secondary N) is 1. The molecule has 2 N–H and O–H groups in total. The third-order valence-electron chi connectivity index (χ3n) is 3.50. The van der Waals surface area contributed by atoms with E-state index in [-0.39, 0.29) is 12.5 Å².